The molecule has 8 heteroatoms. The molecule has 2 N–H and O–H groups in total. The molecule has 0 aliphatic carbocycles. The first kappa shape index (κ1) is 18.4. The summed E-state index contributed by atoms with van der Waals surface area (Å²) < 4.78 is 4.88. The summed E-state index contributed by atoms with van der Waals surface area (Å²) in [6.07, 6.45) is 1.71. The van der Waals surface area contributed by atoms with E-state index in [0.717, 1.165) is 9.77 Å². The second-order valence-electron chi connectivity index (χ2n) is 4.86. The van der Waals surface area contributed by atoms with Crippen LogP contribution in [0.2, 0.25) is 0 Å². The van der Waals surface area contributed by atoms with Gasteiger partial charge in [-0.2, -0.15) is 0 Å². The Balaban J connectivity index is 1.96. The minimum Gasteiger partial charge on any atom is -0.383 e. The lowest BCUT2D eigenvalue weighted by Crippen LogP contribution is -2.28. The van der Waals surface area contributed by atoms with Gasteiger partial charge in [-0.1, -0.05) is 12.1 Å². The first-order valence-corrected chi connectivity index (χ1v) is 9.11. The zero-order chi connectivity index (χ0) is 17.4. The second kappa shape index (κ2) is 9.41. The molecule has 0 bridgehead atoms. The number of thioether (sulfide) groups is 1. The van der Waals surface area contributed by atoms with Gasteiger partial charge in [0.25, 0.3) is 5.91 Å². The Morgan fingerprint density at radius 2 is 2.12 bits per heavy atom. The lowest BCUT2D eigenvalue weighted by atomic mass is 10.2. The molecule has 0 radical (unpaired) electrons. The van der Waals surface area contributed by atoms with E-state index in [1.807, 2.05) is 19.1 Å². The third-order valence-electron chi connectivity index (χ3n) is 2.96. The van der Waals surface area contributed by atoms with Gasteiger partial charge in [-0.3, -0.25) is 14.9 Å². The summed E-state index contributed by atoms with van der Waals surface area (Å²) >= 11 is 2.75. The Labute approximate surface area is 149 Å². The minimum absolute atomic E-state index is 0.0946. The predicted octanol–water partition coefficient (Wildman–Crippen LogP) is 2.56. The number of anilines is 1. The molecule has 0 aliphatic rings. The molecule has 6 nitrogen and oxygen atoms in total. The molecule has 0 spiro atoms. The first-order chi connectivity index (χ1) is 11.6. The van der Waals surface area contributed by atoms with Crippen LogP contribution in [-0.2, 0) is 9.53 Å². The molecule has 24 heavy (non-hydrogen) atoms. The van der Waals surface area contributed by atoms with Gasteiger partial charge in [0, 0.05) is 29.6 Å². The normalized spacial score (nSPS) is 10.4. The van der Waals surface area contributed by atoms with Gasteiger partial charge < -0.3 is 10.1 Å². The number of aryl methyl sites for hydroxylation is 1. The van der Waals surface area contributed by atoms with Crippen molar-refractivity contribution in [2.45, 2.75) is 11.8 Å². The topological polar surface area (TPSA) is 80.3 Å². The van der Waals surface area contributed by atoms with Gasteiger partial charge in [-0.05, 0) is 19.1 Å². The quantitative estimate of drug-likeness (QED) is 0.555. The van der Waals surface area contributed by atoms with Crippen molar-refractivity contribution in [2.75, 3.05) is 31.3 Å². The summed E-state index contributed by atoms with van der Waals surface area (Å²) in [6.45, 7) is 2.88. The third-order valence-corrected chi connectivity index (χ3v) is 4.86. The molecule has 0 saturated carbocycles. The number of amides is 2. The third kappa shape index (κ3) is 5.63. The molecule has 2 rings (SSSR count). The number of aromatic nitrogens is 1. The molecule has 0 aliphatic heterocycles. The van der Waals surface area contributed by atoms with E-state index in [4.69, 9.17) is 4.74 Å². The van der Waals surface area contributed by atoms with E-state index < -0.39 is 0 Å². The molecular formula is C16H19N3O3S2. The molecule has 1 aromatic carbocycles. The molecule has 0 saturated heterocycles. The van der Waals surface area contributed by atoms with E-state index in [9.17, 15) is 9.59 Å². The van der Waals surface area contributed by atoms with Gasteiger partial charge in [-0.15, -0.1) is 23.1 Å². The fourth-order valence-corrected chi connectivity index (χ4v) is 3.38. The van der Waals surface area contributed by atoms with E-state index in [1.165, 1.54) is 23.1 Å². The summed E-state index contributed by atoms with van der Waals surface area (Å²) in [4.78, 5) is 30.1. The van der Waals surface area contributed by atoms with Gasteiger partial charge in [-0.25, -0.2) is 4.98 Å². The van der Waals surface area contributed by atoms with E-state index in [0.29, 0.717) is 23.8 Å². The summed E-state index contributed by atoms with van der Waals surface area (Å²) in [6, 6.07) is 7.20. The van der Waals surface area contributed by atoms with Crippen LogP contribution < -0.4 is 10.6 Å². The fraction of sp³-hybridized carbons (Fsp3) is 0.312. The largest absolute Gasteiger partial charge is 0.383 e. The van der Waals surface area contributed by atoms with Crippen LogP contribution in [0.3, 0.4) is 0 Å². The van der Waals surface area contributed by atoms with E-state index >= 15 is 0 Å². The van der Waals surface area contributed by atoms with E-state index in [-0.39, 0.29) is 17.6 Å². The number of nitrogens with zero attached hydrogens (tertiary/aromatic N) is 1. The second-order valence-corrected chi connectivity index (χ2v) is 7.11. The molecule has 1 heterocycles. The van der Waals surface area contributed by atoms with Crippen LogP contribution in [-0.4, -0.2) is 42.8 Å². The number of carbonyl (C=O) groups is 2. The average Bonchev–Trinajstić information content (AvgIpc) is 2.98. The van der Waals surface area contributed by atoms with E-state index in [1.54, 1.807) is 25.4 Å². The molecule has 0 fully saturated rings. The number of hydrogen-bond donors (Lipinski definition) is 2. The molecule has 0 unspecified atom stereocenters. The highest BCUT2D eigenvalue weighted by atomic mass is 32.2. The molecule has 1 aromatic heterocycles. The molecular weight excluding hydrogens is 346 g/mol. The Hall–Kier alpha value is -1.90. The number of methoxy groups -OCH3 is 1. The highest BCUT2D eigenvalue weighted by Crippen LogP contribution is 2.24. The van der Waals surface area contributed by atoms with Crippen LogP contribution in [0.25, 0.3) is 0 Å². The van der Waals surface area contributed by atoms with Crippen molar-refractivity contribution in [2.24, 2.45) is 0 Å². The number of thiazole rings is 1. The predicted molar refractivity (Wildman–Crippen MR) is 96.9 cm³/mol. The monoisotopic (exact) mass is 365 g/mol. The maximum Gasteiger partial charge on any atom is 0.258 e. The molecule has 0 atom stereocenters. The summed E-state index contributed by atoms with van der Waals surface area (Å²) in [7, 11) is 1.58. The number of rotatable bonds is 8. The summed E-state index contributed by atoms with van der Waals surface area (Å²) in [5.41, 5.74) is 0.528. The number of carbonyl (C=O) groups excluding carboxylic acids is 2. The minimum atomic E-state index is -0.229. The zero-order valence-corrected chi connectivity index (χ0v) is 15.1. The SMILES string of the molecule is COCCNC(=O)CSc1ccccc1C(=O)Nc1ncc(C)s1. The van der Waals surface area contributed by atoms with Crippen LogP contribution in [0, 0.1) is 6.92 Å². The fourth-order valence-electron chi connectivity index (χ4n) is 1.84. The number of ether oxygens (including phenoxy) is 1. The Morgan fingerprint density at radius 1 is 1.33 bits per heavy atom. The Kier molecular flexibility index (Phi) is 7.23. The maximum atomic E-state index is 12.4. The van der Waals surface area contributed by atoms with Crippen molar-refractivity contribution in [1.82, 2.24) is 10.3 Å². The smallest absolute Gasteiger partial charge is 0.258 e. The van der Waals surface area contributed by atoms with Crippen molar-refractivity contribution >= 4 is 40.0 Å². The van der Waals surface area contributed by atoms with Crippen molar-refractivity contribution in [3.63, 3.8) is 0 Å². The number of nitrogens with one attached hydrogen (secondary N) is 2. The van der Waals surface area contributed by atoms with Crippen LogP contribution >= 0.6 is 23.1 Å². The standard InChI is InChI=1S/C16H19N3O3S2/c1-11-9-18-16(24-11)19-15(21)12-5-3-4-6-13(12)23-10-14(20)17-7-8-22-2/h3-6,9H,7-8,10H2,1-2H3,(H,17,20)(H,18,19,21). The average molecular weight is 365 g/mol. The van der Waals surface area contributed by atoms with Gasteiger partial charge in [0.2, 0.25) is 5.91 Å². The van der Waals surface area contributed by atoms with E-state index in [2.05, 4.69) is 15.6 Å². The first-order valence-electron chi connectivity index (χ1n) is 7.31. The van der Waals surface area contributed by atoms with Crippen LogP contribution in [0.15, 0.2) is 35.4 Å². The van der Waals surface area contributed by atoms with Crippen molar-refractivity contribution in [3.8, 4) is 0 Å². The van der Waals surface area contributed by atoms with Crippen molar-refractivity contribution in [1.29, 1.82) is 0 Å². The van der Waals surface area contributed by atoms with Crippen LogP contribution in [0.1, 0.15) is 15.2 Å². The van der Waals surface area contributed by atoms with Gasteiger partial charge >= 0.3 is 0 Å². The lowest BCUT2D eigenvalue weighted by Gasteiger charge is -2.09. The molecule has 2 amide bonds. The number of benzene rings is 1. The zero-order valence-electron chi connectivity index (χ0n) is 13.5. The number of hydrogen-bond acceptors (Lipinski definition) is 6. The highest BCUT2D eigenvalue weighted by Gasteiger charge is 2.14. The lowest BCUT2D eigenvalue weighted by molar-refractivity contribution is -0.118. The molecule has 2 aromatic rings. The summed E-state index contributed by atoms with van der Waals surface area (Å²) in [5.74, 6) is -0.0836. The van der Waals surface area contributed by atoms with Crippen molar-refractivity contribution in [3.05, 3.63) is 40.9 Å². The van der Waals surface area contributed by atoms with Gasteiger partial charge in [0.05, 0.1) is 17.9 Å². The highest BCUT2D eigenvalue weighted by molar-refractivity contribution is 8.00. The van der Waals surface area contributed by atoms with Crippen molar-refractivity contribution < 1.29 is 14.3 Å². The van der Waals surface area contributed by atoms with Gasteiger partial charge in [0.15, 0.2) is 5.13 Å². The summed E-state index contributed by atoms with van der Waals surface area (Å²) in [5, 5.41) is 6.10. The maximum absolute atomic E-state index is 12.4. The van der Waals surface area contributed by atoms with Crippen LogP contribution in [0.5, 0.6) is 0 Å². The molecule has 128 valence electrons. The van der Waals surface area contributed by atoms with Crippen LogP contribution in [0.4, 0.5) is 5.13 Å². The Morgan fingerprint density at radius 3 is 2.83 bits per heavy atom. The Bertz CT molecular complexity index is 703. The van der Waals surface area contributed by atoms with Gasteiger partial charge in [0.1, 0.15) is 0 Å².